The molecule has 1 aromatic heterocycles. The highest BCUT2D eigenvalue weighted by Crippen LogP contribution is 2.24. The third-order valence-electron chi connectivity index (χ3n) is 3.23. The second-order valence-electron chi connectivity index (χ2n) is 5.05. The summed E-state index contributed by atoms with van der Waals surface area (Å²) in [5.41, 5.74) is 0.896. The standard InChI is InChI=1S/C18H14FNO5/c19-14-8-13(6-7-15(14)24-11-18(21)22)23-10-17-20-9-16(25-17)12-4-2-1-3-5-12/h1-9H,10-11H2,(H,21,22). The van der Waals surface area contributed by atoms with Gasteiger partial charge in [0.1, 0.15) is 5.75 Å². The van der Waals surface area contributed by atoms with E-state index >= 15 is 0 Å². The molecule has 7 heteroatoms. The molecular weight excluding hydrogens is 329 g/mol. The lowest BCUT2D eigenvalue weighted by atomic mass is 10.2. The predicted molar refractivity (Wildman–Crippen MR) is 85.8 cm³/mol. The van der Waals surface area contributed by atoms with E-state index in [4.69, 9.17) is 19.0 Å². The van der Waals surface area contributed by atoms with Crippen molar-refractivity contribution in [2.45, 2.75) is 6.61 Å². The highest BCUT2D eigenvalue weighted by molar-refractivity contribution is 5.68. The van der Waals surface area contributed by atoms with E-state index in [1.165, 1.54) is 12.1 Å². The van der Waals surface area contributed by atoms with Crippen LogP contribution in [0.15, 0.2) is 59.1 Å². The molecule has 6 nitrogen and oxygen atoms in total. The summed E-state index contributed by atoms with van der Waals surface area (Å²) in [6, 6.07) is 13.4. The average Bonchev–Trinajstić information content (AvgIpc) is 3.09. The first-order valence-corrected chi connectivity index (χ1v) is 7.39. The molecule has 128 valence electrons. The van der Waals surface area contributed by atoms with Crippen molar-refractivity contribution in [3.05, 3.63) is 66.4 Å². The number of rotatable bonds is 7. The number of halogens is 1. The maximum atomic E-state index is 13.8. The van der Waals surface area contributed by atoms with Gasteiger partial charge in [-0.2, -0.15) is 0 Å². The molecule has 0 aliphatic carbocycles. The maximum absolute atomic E-state index is 13.8. The normalized spacial score (nSPS) is 10.4. The number of benzene rings is 2. The molecule has 0 saturated carbocycles. The Labute approximate surface area is 142 Å². The second kappa shape index (κ2) is 7.48. The van der Waals surface area contributed by atoms with Gasteiger partial charge in [-0.1, -0.05) is 30.3 Å². The number of oxazole rings is 1. The molecule has 0 aliphatic rings. The van der Waals surface area contributed by atoms with Crippen LogP contribution in [-0.4, -0.2) is 22.7 Å². The van der Waals surface area contributed by atoms with Crippen molar-refractivity contribution < 1.29 is 28.2 Å². The van der Waals surface area contributed by atoms with Gasteiger partial charge in [-0.25, -0.2) is 14.2 Å². The van der Waals surface area contributed by atoms with Crippen molar-refractivity contribution in [3.63, 3.8) is 0 Å². The Morgan fingerprint density at radius 2 is 1.96 bits per heavy atom. The summed E-state index contributed by atoms with van der Waals surface area (Å²) in [6.45, 7) is -0.586. The first kappa shape index (κ1) is 16.5. The number of nitrogens with zero attached hydrogens (tertiary/aromatic N) is 1. The molecule has 0 radical (unpaired) electrons. The SMILES string of the molecule is O=C(O)COc1ccc(OCc2ncc(-c3ccccc3)o2)cc1F. The van der Waals surface area contributed by atoms with Crippen molar-refractivity contribution in [1.82, 2.24) is 4.98 Å². The summed E-state index contributed by atoms with van der Waals surface area (Å²) in [5.74, 6) is -0.834. The Morgan fingerprint density at radius 1 is 1.16 bits per heavy atom. The number of ether oxygens (including phenoxy) is 2. The van der Waals surface area contributed by atoms with E-state index in [1.54, 1.807) is 6.20 Å². The van der Waals surface area contributed by atoms with Crippen LogP contribution in [0.1, 0.15) is 5.89 Å². The van der Waals surface area contributed by atoms with Gasteiger partial charge in [0.05, 0.1) is 6.20 Å². The number of carboxylic acid groups (broad SMARTS) is 1. The Kier molecular flexibility index (Phi) is 4.94. The highest BCUT2D eigenvalue weighted by atomic mass is 19.1. The van der Waals surface area contributed by atoms with Crippen LogP contribution in [0.25, 0.3) is 11.3 Å². The van der Waals surface area contributed by atoms with Crippen LogP contribution >= 0.6 is 0 Å². The van der Waals surface area contributed by atoms with Gasteiger partial charge in [0.25, 0.3) is 0 Å². The highest BCUT2D eigenvalue weighted by Gasteiger charge is 2.10. The van der Waals surface area contributed by atoms with E-state index in [9.17, 15) is 9.18 Å². The summed E-state index contributed by atoms with van der Waals surface area (Å²) < 4.78 is 29.6. The van der Waals surface area contributed by atoms with Crippen molar-refractivity contribution in [2.24, 2.45) is 0 Å². The molecule has 0 spiro atoms. The molecule has 0 amide bonds. The van der Waals surface area contributed by atoms with E-state index in [1.807, 2.05) is 30.3 Å². The van der Waals surface area contributed by atoms with Gasteiger partial charge >= 0.3 is 5.97 Å². The Bertz CT molecular complexity index is 863. The lowest BCUT2D eigenvalue weighted by Crippen LogP contribution is -2.10. The quantitative estimate of drug-likeness (QED) is 0.707. The molecule has 3 aromatic rings. The van der Waals surface area contributed by atoms with Crippen LogP contribution in [0.3, 0.4) is 0 Å². The van der Waals surface area contributed by atoms with Gasteiger partial charge in [-0.05, 0) is 12.1 Å². The summed E-state index contributed by atoms with van der Waals surface area (Å²) in [7, 11) is 0. The first-order valence-electron chi connectivity index (χ1n) is 7.39. The van der Waals surface area contributed by atoms with Crippen LogP contribution in [0.5, 0.6) is 11.5 Å². The van der Waals surface area contributed by atoms with E-state index in [2.05, 4.69) is 4.98 Å². The van der Waals surface area contributed by atoms with Crippen molar-refractivity contribution in [2.75, 3.05) is 6.61 Å². The van der Waals surface area contributed by atoms with Crippen LogP contribution in [0.4, 0.5) is 4.39 Å². The summed E-state index contributed by atoms with van der Waals surface area (Å²) >= 11 is 0. The second-order valence-corrected chi connectivity index (χ2v) is 5.05. The summed E-state index contributed by atoms with van der Waals surface area (Å²) in [6.07, 6.45) is 1.59. The number of carbonyl (C=O) groups is 1. The molecule has 0 unspecified atom stereocenters. The third kappa shape index (κ3) is 4.35. The zero-order valence-corrected chi connectivity index (χ0v) is 13.0. The summed E-state index contributed by atoms with van der Waals surface area (Å²) in [5, 5.41) is 8.53. The van der Waals surface area contributed by atoms with Gasteiger partial charge in [-0.3, -0.25) is 0 Å². The number of aromatic nitrogens is 1. The van der Waals surface area contributed by atoms with E-state index in [0.29, 0.717) is 11.7 Å². The zero-order valence-electron chi connectivity index (χ0n) is 13.0. The molecule has 1 heterocycles. The molecule has 1 N–H and O–H groups in total. The lowest BCUT2D eigenvalue weighted by Gasteiger charge is -2.07. The number of carboxylic acids is 1. The maximum Gasteiger partial charge on any atom is 0.341 e. The van der Waals surface area contributed by atoms with Gasteiger partial charge < -0.3 is 19.0 Å². The van der Waals surface area contributed by atoms with Gasteiger partial charge in [-0.15, -0.1) is 0 Å². The molecule has 0 atom stereocenters. The van der Waals surface area contributed by atoms with E-state index < -0.39 is 18.4 Å². The van der Waals surface area contributed by atoms with Gasteiger partial charge in [0.2, 0.25) is 5.89 Å². The van der Waals surface area contributed by atoms with Gasteiger partial charge in [0, 0.05) is 11.6 Å². The van der Waals surface area contributed by atoms with Crippen LogP contribution in [0.2, 0.25) is 0 Å². The van der Waals surface area contributed by atoms with Gasteiger partial charge in [0.15, 0.2) is 30.5 Å². The lowest BCUT2D eigenvalue weighted by molar-refractivity contribution is -0.139. The topological polar surface area (TPSA) is 81.8 Å². The van der Waals surface area contributed by atoms with Crippen LogP contribution < -0.4 is 9.47 Å². The minimum absolute atomic E-state index is 0.0294. The molecule has 0 saturated heterocycles. The van der Waals surface area contributed by atoms with Crippen molar-refractivity contribution in [3.8, 4) is 22.8 Å². The fourth-order valence-corrected chi connectivity index (χ4v) is 2.09. The monoisotopic (exact) mass is 343 g/mol. The predicted octanol–water partition coefficient (Wildman–Crippen LogP) is 3.52. The Morgan fingerprint density at radius 3 is 2.68 bits per heavy atom. The number of hydrogen-bond donors (Lipinski definition) is 1. The first-order chi connectivity index (χ1) is 12.1. The molecule has 0 bridgehead atoms. The molecule has 0 fully saturated rings. The zero-order chi connectivity index (χ0) is 17.6. The number of hydrogen-bond acceptors (Lipinski definition) is 5. The molecule has 25 heavy (non-hydrogen) atoms. The van der Waals surface area contributed by atoms with Crippen molar-refractivity contribution in [1.29, 1.82) is 0 Å². The van der Waals surface area contributed by atoms with E-state index in [0.717, 1.165) is 11.6 Å². The summed E-state index contributed by atoms with van der Waals surface area (Å²) in [4.78, 5) is 14.5. The number of aliphatic carboxylic acids is 1. The minimum atomic E-state index is -1.18. The largest absolute Gasteiger partial charge is 0.484 e. The average molecular weight is 343 g/mol. The Hall–Kier alpha value is -3.35. The molecule has 0 aliphatic heterocycles. The van der Waals surface area contributed by atoms with E-state index in [-0.39, 0.29) is 18.1 Å². The molecule has 3 rings (SSSR count). The Balaban J connectivity index is 1.61. The third-order valence-corrected chi connectivity index (χ3v) is 3.23. The fraction of sp³-hybridized carbons (Fsp3) is 0.111. The van der Waals surface area contributed by atoms with Crippen LogP contribution in [-0.2, 0) is 11.4 Å². The van der Waals surface area contributed by atoms with Crippen molar-refractivity contribution >= 4 is 5.97 Å². The molecular formula is C18H14FNO5. The molecule has 2 aromatic carbocycles. The van der Waals surface area contributed by atoms with Crippen LogP contribution in [0, 0.1) is 5.82 Å². The smallest absolute Gasteiger partial charge is 0.341 e. The fourth-order valence-electron chi connectivity index (χ4n) is 2.09. The minimum Gasteiger partial charge on any atom is -0.484 e.